The first-order valence-electron chi connectivity index (χ1n) is 14.7. The SMILES string of the molecule is C=C(OCCC1CCC2C1(C)CC[C@@H]1[C@@]3(C)CCCC[C@H]3[C@@H](CC)C[C@@]21N)N1CCCCC1. The minimum atomic E-state index is 0.0588. The number of nitrogens with zero attached hydrogens (tertiary/aromatic N) is 1. The standard InChI is InChI=1S/C30H52N2O/c1-5-23-21-30(31)26-13-12-24(15-20-33-22(2)32-18-9-6-10-19-32)28(26,3)17-14-27(30)29(4)16-8-7-11-25(23)29/h23-27H,2,5-21,31H2,1,3-4H3/t23-,24?,25-,26?,27+,28?,29-,30+/m0/s1. The van der Waals surface area contributed by atoms with E-state index in [1.165, 1.54) is 89.9 Å². The number of ether oxygens (including phenoxy) is 1. The molecule has 3 heteroatoms. The number of fused-ring (bicyclic) bond motifs is 5. The van der Waals surface area contributed by atoms with Crippen molar-refractivity contribution in [2.45, 2.75) is 116 Å². The van der Waals surface area contributed by atoms with Gasteiger partial charge in [-0.3, -0.25) is 0 Å². The quantitative estimate of drug-likeness (QED) is 0.433. The highest BCUT2D eigenvalue weighted by atomic mass is 16.5. The molecule has 0 aromatic rings. The molecule has 1 saturated heterocycles. The summed E-state index contributed by atoms with van der Waals surface area (Å²) in [5.41, 5.74) is 8.62. The Balaban J connectivity index is 1.28. The van der Waals surface area contributed by atoms with Crippen molar-refractivity contribution in [1.29, 1.82) is 0 Å². The highest BCUT2D eigenvalue weighted by molar-refractivity contribution is 5.19. The van der Waals surface area contributed by atoms with Crippen LogP contribution in [0.1, 0.15) is 111 Å². The zero-order valence-corrected chi connectivity index (χ0v) is 22.0. The van der Waals surface area contributed by atoms with Crippen molar-refractivity contribution in [2.75, 3.05) is 19.7 Å². The predicted octanol–water partition coefficient (Wildman–Crippen LogP) is 7.12. The third-order valence-electron chi connectivity index (χ3n) is 12.1. The Hall–Kier alpha value is -0.700. The molecule has 0 aromatic carbocycles. The fourth-order valence-electron chi connectivity index (χ4n) is 10.4. The second kappa shape index (κ2) is 9.07. The van der Waals surface area contributed by atoms with Gasteiger partial charge in [0.05, 0.1) is 6.61 Å². The molecule has 3 nitrogen and oxygen atoms in total. The van der Waals surface area contributed by atoms with E-state index in [0.717, 1.165) is 49.3 Å². The van der Waals surface area contributed by atoms with Gasteiger partial charge in [0.25, 0.3) is 0 Å². The van der Waals surface area contributed by atoms with E-state index in [0.29, 0.717) is 16.7 Å². The molecule has 1 aliphatic heterocycles. The zero-order chi connectivity index (χ0) is 23.3. The Morgan fingerprint density at radius 1 is 0.939 bits per heavy atom. The second-order valence-electron chi connectivity index (χ2n) is 13.3. The lowest BCUT2D eigenvalue weighted by Gasteiger charge is -2.67. The molecular formula is C30H52N2O. The average Bonchev–Trinajstić information content (AvgIpc) is 3.16. The third-order valence-corrected chi connectivity index (χ3v) is 12.1. The molecule has 188 valence electrons. The van der Waals surface area contributed by atoms with Crippen molar-refractivity contribution in [2.24, 2.45) is 46.2 Å². The topological polar surface area (TPSA) is 38.5 Å². The zero-order valence-electron chi connectivity index (χ0n) is 22.0. The van der Waals surface area contributed by atoms with Crippen LogP contribution in [0.4, 0.5) is 0 Å². The maximum absolute atomic E-state index is 7.68. The van der Waals surface area contributed by atoms with Gasteiger partial charge in [0.1, 0.15) is 0 Å². The molecule has 0 spiro atoms. The van der Waals surface area contributed by atoms with Crippen LogP contribution in [0.5, 0.6) is 0 Å². The van der Waals surface area contributed by atoms with E-state index in [2.05, 4.69) is 32.3 Å². The van der Waals surface area contributed by atoms with Gasteiger partial charge in [-0.05, 0) is 118 Å². The summed E-state index contributed by atoms with van der Waals surface area (Å²) in [7, 11) is 0. The summed E-state index contributed by atoms with van der Waals surface area (Å²) in [6.07, 6.45) is 18.9. The summed E-state index contributed by atoms with van der Waals surface area (Å²) < 4.78 is 6.22. The van der Waals surface area contributed by atoms with Gasteiger partial charge in [-0.25, -0.2) is 0 Å². The van der Waals surface area contributed by atoms with Gasteiger partial charge in [-0.1, -0.05) is 40.0 Å². The van der Waals surface area contributed by atoms with Crippen molar-refractivity contribution in [1.82, 2.24) is 4.90 Å². The molecule has 5 fully saturated rings. The first-order chi connectivity index (χ1) is 15.8. The molecule has 33 heavy (non-hydrogen) atoms. The number of piperidine rings is 1. The fourth-order valence-corrected chi connectivity index (χ4v) is 10.4. The number of likely N-dealkylation sites (tertiary alicyclic amines) is 1. The van der Waals surface area contributed by atoms with Gasteiger partial charge >= 0.3 is 0 Å². The molecule has 5 aliphatic rings. The molecule has 0 radical (unpaired) electrons. The van der Waals surface area contributed by atoms with Crippen molar-refractivity contribution in [3.63, 3.8) is 0 Å². The van der Waals surface area contributed by atoms with Gasteiger partial charge in [0.15, 0.2) is 5.88 Å². The van der Waals surface area contributed by atoms with Crippen molar-refractivity contribution in [3.05, 3.63) is 12.5 Å². The van der Waals surface area contributed by atoms with Crippen LogP contribution in [0.3, 0.4) is 0 Å². The van der Waals surface area contributed by atoms with Gasteiger partial charge in [-0.15, -0.1) is 0 Å². The van der Waals surface area contributed by atoms with Crippen LogP contribution in [-0.2, 0) is 4.74 Å². The molecule has 2 N–H and O–H groups in total. The summed E-state index contributed by atoms with van der Waals surface area (Å²) in [5, 5.41) is 0. The van der Waals surface area contributed by atoms with Crippen LogP contribution >= 0.6 is 0 Å². The normalized spacial score (nSPS) is 47.4. The Morgan fingerprint density at radius 2 is 1.70 bits per heavy atom. The maximum Gasteiger partial charge on any atom is 0.181 e. The summed E-state index contributed by atoms with van der Waals surface area (Å²) >= 11 is 0. The monoisotopic (exact) mass is 456 g/mol. The number of hydrogen-bond acceptors (Lipinski definition) is 3. The van der Waals surface area contributed by atoms with Crippen LogP contribution in [0.2, 0.25) is 0 Å². The van der Waals surface area contributed by atoms with Gasteiger partial charge in [0.2, 0.25) is 0 Å². The van der Waals surface area contributed by atoms with E-state index in [1.807, 2.05) is 0 Å². The van der Waals surface area contributed by atoms with Crippen LogP contribution in [-0.4, -0.2) is 30.1 Å². The number of nitrogens with two attached hydrogens (primary N) is 1. The predicted molar refractivity (Wildman–Crippen MR) is 138 cm³/mol. The van der Waals surface area contributed by atoms with Crippen LogP contribution in [0.15, 0.2) is 12.5 Å². The summed E-state index contributed by atoms with van der Waals surface area (Å²) in [5.74, 6) is 4.89. The highest BCUT2D eigenvalue weighted by Gasteiger charge is 2.66. The molecule has 4 saturated carbocycles. The number of rotatable bonds is 6. The molecule has 0 amide bonds. The van der Waals surface area contributed by atoms with Crippen LogP contribution in [0, 0.1) is 40.4 Å². The Morgan fingerprint density at radius 3 is 2.45 bits per heavy atom. The van der Waals surface area contributed by atoms with E-state index in [-0.39, 0.29) is 5.54 Å². The lowest BCUT2D eigenvalue weighted by Crippen LogP contribution is -2.69. The molecule has 3 unspecified atom stereocenters. The van der Waals surface area contributed by atoms with E-state index >= 15 is 0 Å². The third kappa shape index (κ3) is 3.87. The van der Waals surface area contributed by atoms with Crippen LogP contribution < -0.4 is 5.73 Å². The first-order valence-corrected chi connectivity index (χ1v) is 14.7. The van der Waals surface area contributed by atoms with Crippen molar-refractivity contribution >= 4 is 0 Å². The smallest absolute Gasteiger partial charge is 0.181 e. The van der Waals surface area contributed by atoms with Crippen molar-refractivity contribution < 1.29 is 4.74 Å². The molecular weight excluding hydrogens is 404 g/mol. The lowest BCUT2D eigenvalue weighted by molar-refractivity contribution is -0.150. The lowest BCUT2D eigenvalue weighted by atomic mass is 9.40. The maximum atomic E-state index is 7.68. The largest absolute Gasteiger partial charge is 0.479 e. The molecule has 8 atom stereocenters. The summed E-state index contributed by atoms with van der Waals surface area (Å²) in [6, 6.07) is 0. The van der Waals surface area contributed by atoms with E-state index in [1.54, 1.807) is 0 Å². The second-order valence-corrected chi connectivity index (χ2v) is 13.3. The van der Waals surface area contributed by atoms with Crippen LogP contribution in [0.25, 0.3) is 0 Å². The highest BCUT2D eigenvalue weighted by Crippen LogP contribution is 2.69. The molecule has 0 bridgehead atoms. The fraction of sp³-hybridized carbons (Fsp3) is 0.933. The summed E-state index contributed by atoms with van der Waals surface area (Å²) in [4.78, 5) is 2.36. The molecule has 4 aliphatic carbocycles. The average molecular weight is 457 g/mol. The van der Waals surface area contributed by atoms with E-state index in [4.69, 9.17) is 10.5 Å². The molecule has 1 heterocycles. The molecule has 5 rings (SSSR count). The number of hydrogen-bond donors (Lipinski definition) is 1. The van der Waals surface area contributed by atoms with Gasteiger partial charge in [-0.2, -0.15) is 0 Å². The van der Waals surface area contributed by atoms with E-state index < -0.39 is 0 Å². The Labute approximate surface area is 204 Å². The van der Waals surface area contributed by atoms with E-state index in [9.17, 15) is 0 Å². The minimum Gasteiger partial charge on any atom is -0.479 e. The van der Waals surface area contributed by atoms with Gasteiger partial charge in [0, 0.05) is 18.6 Å². The minimum absolute atomic E-state index is 0.0588. The molecule has 0 aromatic heterocycles. The Kier molecular flexibility index (Phi) is 6.60. The van der Waals surface area contributed by atoms with Crippen molar-refractivity contribution in [3.8, 4) is 0 Å². The first kappa shape index (κ1) is 24.0. The Bertz CT molecular complexity index is 716. The summed E-state index contributed by atoms with van der Waals surface area (Å²) in [6.45, 7) is 15.1. The van der Waals surface area contributed by atoms with Gasteiger partial charge < -0.3 is 15.4 Å².